The molecule has 1 aromatic rings. The maximum absolute atomic E-state index is 12.4. The van der Waals surface area contributed by atoms with Crippen molar-refractivity contribution in [3.8, 4) is 0 Å². The molecule has 18 heavy (non-hydrogen) atoms. The molecule has 0 atom stereocenters. The van der Waals surface area contributed by atoms with E-state index in [1.807, 2.05) is 0 Å². The van der Waals surface area contributed by atoms with E-state index in [9.17, 15) is 21.6 Å². The van der Waals surface area contributed by atoms with Gasteiger partial charge >= 0.3 is 6.18 Å². The van der Waals surface area contributed by atoms with Crippen molar-refractivity contribution < 1.29 is 21.6 Å². The maximum atomic E-state index is 12.4. The Morgan fingerprint density at radius 1 is 1.00 bits per heavy atom. The first-order valence-corrected chi connectivity index (χ1v) is 6.93. The van der Waals surface area contributed by atoms with Gasteiger partial charge in [0.15, 0.2) is 0 Å². The molecule has 1 saturated heterocycles. The highest BCUT2D eigenvalue weighted by atomic mass is 32.2. The van der Waals surface area contributed by atoms with Gasteiger partial charge in [-0.3, -0.25) is 0 Å². The summed E-state index contributed by atoms with van der Waals surface area (Å²) in [6, 6.07) is 3.61. The second-order valence-corrected chi connectivity index (χ2v) is 6.07. The van der Waals surface area contributed by atoms with E-state index < -0.39 is 21.8 Å². The quantitative estimate of drug-likeness (QED) is 0.834. The number of hydrogen-bond donors (Lipinski definition) is 0. The number of sulfonamides is 1. The van der Waals surface area contributed by atoms with E-state index in [2.05, 4.69) is 0 Å². The fourth-order valence-electron chi connectivity index (χ4n) is 1.89. The number of rotatable bonds is 2. The van der Waals surface area contributed by atoms with Crippen LogP contribution in [-0.4, -0.2) is 25.8 Å². The molecule has 0 radical (unpaired) electrons. The molecule has 1 heterocycles. The van der Waals surface area contributed by atoms with Crippen LogP contribution in [0.2, 0.25) is 0 Å². The molecule has 3 nitrogen and oxygen atoms in total. The Hall–Kier alpha value is -1.08. The minimum Gasteiger partial charge on any atom is -0.207 e. The Bertz CT molecular complexity index is 516. The van der Waals surface area contributed by atoms with Gasteiger partial charge in [-0.2, -0.15) is 17.5 Å². The van der Waals surface area contributed by atoms with E-state index >= 15 is 0 Å². The number of hydrogen-bond acceptors (Lipinski definition) is 2. The third-order valence-corrected chi connectivity index (χ3v) is 4.80. The van der Waals surface area contributed by atoms with E-state index in [1.165, 1.54) is 4.31 Å². The Morgan fingerprint density at radius 3 is 1.94 bits per heavy atom. The van der Waals surface area contributed by atoms with E-state index in [-0.39, 0.29) is 4.90 Å². The monoisotopic (exact) mass is 279 g/mol. The summed E-state index contributed by atoms with van der Waals surface area (Å²) in [6.07, 6.45) is -2.87. The molecule has 100 valence electrons. The van der Waals surface area contributed by atoms with Crippen LogP contribution in [0.3, 0.4) is 0 Å². The van der Waals surface area contributed by atoms with Crippen LogP contribution in [0.5, 0.6) is 0 Å². The lowest BCUT2D eigenvalue weighted by molar-refractivity contribution is -0.137. The molecule has 0 bridgehead atoms. The van der Waals surface area contributed by atoms with Gasteiger partial charge in [0, 0.05) is 13.1 Å². The predicted molar refractivity (Wildman–Crippen MR) is 59.4 cm³/mol. The van der Waals surface area contributed by atoms with E-state index in [1.54, 1.807) is 0 Å². The van der Waals surface area contributed by atoms with Crippen LogP contribution in [0.4, 0.5) is 13.2 Å². The van der Waals surface area contributed by atoms with Crippen LogP contribution in [0.15, 0.2) is 29.2 Å². The molecule has 1 aliphatic rings. The molecule has 0 saturated carbocycles. The second kappa shape index (κ2) is 4.55. The van der Waals surface area contributed by atoms with Crippen LogP contribution in [-0.2, 0) is 16.2 Å². The molecule has 0 amide bonds. The van der Waals surface area contributed by atoms with Gasteiger partial charge in [-0.25, -0.2) is 8.42 Å². The number of halogens is 3. The van der Waals surface area contributed by atoms with Gasteiger partial charge < -0.3 is 0 Å². The molecule has 0 N–H and O–H groups in total. The molecular formula is C11H12F3NO2S. The number of alkyl halides is 3. The highest BCUT2D eigenvalue weighted by Gasteiger charge is 2.32. The summed E-state index contributed by atoms with van der Waals surface area (Å²) in [7, 11) is -3.63. The summed E-state index contributed by atoms with van der Waals surface area (Å²) >= 11 is 0. The normalized spacial score (nSPS) is 18.2. The van der Waals surface area contributed by atoms with E-state index in [0.29, 0.717) is 13.1 Å². The van der Waals surface area contributed by atoms with Gasteiger partial charge in [0.25, 0.3) is 0 Å². The molecule has 0 aliphatic carbocycles. The lowest BCUT2D eigenvalue weighted by Gasteiger charge is -2.15. The minimum atomic E-state index is -4.45. The zero-order valence-electron chi connectivity index (χ0n) is 9.44. The van der Waals surface area contributed by atoms with Gasteiger partial charge in [-0.1, -0.05) is 0 Å². The molecule has 0 unspecified atom stereocenters. The van der Waals surface area contributed by atoms with Crippen molar-refractivity contribution in [2.24, 2.45) is 0 Å². The number of benzene rings is 1. The second-order valence-electron chi connectivity index (χ2n) is 4.13. The first-order chi connectivity index (χ1) is 8.32. The molecule has 7 heteroatoms. The molecule has 2 rings (SSSR count). The fraction of sp³-hybridized carbons (Fsp3) is 0.455. The Kier molecular flexibility index (Phi) is 3.37. The van der Waals surface area contributed by atoms with Crippen LogP contribution in [0.1, 0.15) is 18.4 Å². The molecule has 1 aliphatic heterocycles. The van der Waals surface area contributed by atoms with Crippen molar-refractivity contribution in [2.45, 2.75) is 23.9 Å². The highest BCUT2D eigenvalue weighted by molar-refractivity contribution is 7.89. The average molecular weight is 279 g/mol. The van der Waals surface area contributed by atoms with Crippen molar-refractivity contribution in [3.05, 3.63) is 29.8 Å². The van der Waals surface area contributed by atoms with Crippen molar-refractivity contribution in [1.82, 2.24) is 4.31 Å². The SMILES string of the molecule is O=S(=O)(c1ccc(C(F)(F)F)cc1)N1CCCC1. The summed E-state index contributed by atoms with van der Waals surface area (Å²) < 4.78 is 62.5. The van der Waals surface area contributed by atoms with Crippen LogP contribution in [0, 0.1) is 0 Å². The predicted octanol–water partition coefficient (Wildman–Crippen LogP) is 2.49. The highest BCUT2D eigenvalue weighted by Crippen LogP contribution is 2.30. The summed E-state index contributed by atoms with van der Waals surface area (Å²) in [5.74, 6) is 0. The summed E-state index contributed by atoms with van der Waals surface area (Å²) in [6.45, 7) is 0.868. The standard InChI is InChI=1S/C11H12F3NO2S/c12-11(13,14)9-3-5-10(6-4-9)18(16,17)15-7-1-2-8-15/h3-6H,1-2,7-8H2. The van der Waals surface area contributed by atoms with Gasteiger partial charge in [0.05, 0.1) is 10.5 Å². The smallest absolute Gasteiger partial charge is 0.207 e. The maximum Gasteiger partial charge on any atom is 0.416 e. The minimum absolute atomic E-state index is 0.0857. The molecule has 0 aromatic heterocycles. The zero-order valence-corrected chi connectivity index (χ0v) is 10.3. The van der Waals surface area contributed by atoms with Gasteiger partial charge in [0.2, 0.25) is 10.0 Å². The molecule has 1 fully saturated rings. The van der Waals surface area contributed by atoms with Crippen molar-refractivity contribution in [1.29, 1.82) is 0 Å². The van der Waals surface area contributed by atoms with Gasteiger partial charge in [-0.05, 0) is 37.1 Å². The van der Waals surface area contributed by atoms with E-state index in [0.717, 1.165) is 37.1 Å². The fourth-order valence-corrected chi connectivity index (χ4v) is 3.41. The van der Waals surface area contributed by atoms with Crippen molar-refractivity contribution >= 4 is 10.0 Å². The third kappa shape index (κ3) is 2.51. The zero-order chi connectivity index (χ0) is 13.4. The lowest BCUT2D eigenvalue weighted by Crippen LogP contribution is -2.27. The Morgan fingerprint density at radius 2 is 1.50 bits per heavy atom. The average Bonchev–Trinajstić information content (AvgIpc) is 2.82. The van der Waals surface area contributed by atoms with Crippen LogP contribution < -0.4 is 0 Å². The lowest BCUT2D eigenvalue weighted by atomic mass is 10.2. The largest absolute Gasteiger partial charge is 0.416 e. The van der Waals surface area contributed by atoms with Crippen molar-refractivity contribution in [3.63, 3.8) is 0 Å². The van der Waals surface area contributed by atoms with Crippen LogP contribution >= 0.6 is 0 Å². The molecular weight excluding hydrogens is 267 g/mol. The first kappa shape index (κ1) is 13.4. The number of nitrogens with zero attached hydrogens (tertiary/aromatic N) is 1. The van der Waals surface area contributed by atoms with Gasteiger partial charge in [-0.15, -0.1) is 0 Å². The summed E-state index contributed by atoms with van der Waals surface area (Å²) in [4.78, 5) is -0.0857. The Balaban J connectivity index is 2.29. The van der Waals surface area contributed by atoms with Gasteiger partial charge in [0.1, 0.15) is 0 Å². The third-order valence-electron chi connectivity index (χ3n) is 2.88. The molecule has 0 spiro atoms. The topological polar surface area (TPSA) is 37.4 Å². The first-order valence-electron chi connectivity index (χ1n) is 5.49. The van der Waals surface area contributed by atoms with Crippen LogP contribution in [0.25, 0.3) is 0 Å². The Labute approximate surface area is 103 Å². The molecule has 1 aromatic carbocycles. The summed E-state index contributed by atoms with van der Waals surface area (Å²) in [5.41, 5.74) is -0.845. The summed E-state index contributed by atoms with van der Waals surface area (Å²) in [5, 5.41) is 0. The van der Waals surface area contributed by atoms with E-state index in [4.69, 9.17) is 0 Å². The van der Waals surface area contributed by atoms with Crippen molar-refractivity contribution in [2.75, 3.05) is 13.1 Å².